The van der Waals surface area contributed by atoms with Crippen molar-refractivity contribution in [1.82, 2.24) is 20.0 Å². The Bertz CT molecular complexity index is 615. The number of carbonyl (C=O) groups excluding carboxylic acids is 1. The van der Waals surface area contributed by atoms with E-state index in [1.54, 1.807) is 6.20 Å². The van der Waals surface area contributed by atoms with Gasteiger partial charge in [-0.15, -0.1) is 0 Å². The van der Waals surface area contributed by atoms with E-state index in [9.17, 15) is 9.59 Å². The minimum Gasteiger partial charge on any atom is -0.477 e. The molecule has 0 unspecified atom stereocenters. The van der Waals surface area contributed by atoms with Crippen molar-refractivity contribution in [2.24, 2.45) is 0 Å². The third-order valence-corrected chi connectivity index (χ3v) is 4.82. The van der Waals surface area contributed by atoms with E-state index in [0.717, 1.165) is 13.0 Å². The molecular weight excluding hydrogens is 276 g/mol. The number of aromatic carboxylic acids is 1. The van der Waals surface area contributed by atoms with Crippen LogP contribution in [-0.4, -0.2) is 68.4 Å². The highest BCUT2D eigenvalue weighted by molar-refractivity contribution is 5.86. The maximum absolute atomic E-state index is 12.1. The maximum atomic E-state index is 12.1. The van der Waals surface area contributed by atoms with Crippen LogP contribution in [-0.2, 0) is 16.1 Å². The number of hydrogen-bond acceptors (Lipinski definition) is 5. The number of ether oxygens (including phenoxy) is 1. The molecule has 3 aliphatic heterocycles. The molecule has 3 aliphatic rings. The van der Waals surface area contributed by atoms with E-state index in [1.807, 2.05) is 4.90 Å². The molecule has 8 heteroatoms. The van der Waals surface area contributed by atoms with Gasteiger partial charge in [-0.05, 0) is 0 Å². The van der Waals surface area contributed by atoms with Gasteiger partial charge in [0, 0.05) is 38.0 Å². The Hall–Kier alpha value is -1.93. The van der Waals surface area contributed by atoms with E-state index >= 15 is 0 Å². The lowest BCUT2D eigenvalue weighted by molar-refractivity contribution is -0.136. The molecule has 21 heavy (non-hydrogen) atoms. The lowest BCUT2D eigenvalue weighted by Crippen LogP contribution is -2.47. The highest BCUT2D eigenvalue weighted by atomic mass is 16.5. The Morgan fingerprint density at radius 2 is 2.43 bits per heavy atom. The summed E-state index contributed by atoms with van der Waals surface area (Å²) in [6.45, 7) is 2.51. The van der Waals surface area contributed by atoms with Gasteiger partial charge in [0.2, 0.25) is 5.91 Å². The molecule has 3 fully saturated rings. The van der Waals surface area contributed by atoms with Gasteiger partial charge in [-0.2, -0.15) is 5.10 Å². The number of nitrogens with one attached hydrogen (secondary N) is 1. The summed E-state index contributed by atoms with van der Waals surface area (Å²) in [5.74, 6) is -0.884. The molecule has 1 aromatic rings. The van der Waals surface area contributed by atoms with Gasteiger partial charge in [0.25, 0.3) is 0 Å². The average molecular weight is 292 g/mol. The zero-order chi connectivity index (χ0) is 14.6. The number of carboxylic acids is 1. The Morgan fingerprint density at radius 1 is 1.57 bits per heavy atom. The summed E-state index contributed by atoms with van der Waals surface area (Å²) in [6.07, 6.45) is 2.77. The summed E-state index contributed by atoms with van der Waals surface area (Å²) in [6, 6.07) is 0.00375. The molecule has 4 heterocycles. The zero-order valence-corrected chi connectivity index (χ0v) is 11.4. The summed E-state index contributed by atoms with van der Waals surface area (Å²) in [5, 5.41) is 15.4. The van der Waals surface area contributed by atoms with Gasteiger partial charge in [0.1, 0.15) is 5.69 Å². The maximum Gasteiger partial charge on any atom is 0.354 e. The monoisotopic (exact) mass is 292 g/mol. The Labute approximate surface area is 120 Å². The quantitative estimate of drug-likeness (QED) is 0.789. The van der Waals surface area contributed by atoms with Crippen LogP contribution in [0.5, 0.6) is 0 Å². The number of carboxylic acid groups (broad SMARTS) is 1. The van der Waals surface area contributed by atoms with Crippen molar-refractivity contribution in [2.45, 2.75) is 31.2 Å². The smallest absolute Gasteiger partial charge is 0.354 e. The number of aromatic amines is 1. The van der Waals surface area contributed by atoms with E-state index in [2.05, 4.69) is 15.1 Å². The number of carbonyl (C=O) groups is 2. The van der Waals surface area contributed by atoms with Gasteiger partial charge in [-0.3, -0.25) is 14.8 Å². The molecule has 0 aliphatic carbocycles. The van der Waals surface area contributed by atoms with E-state index in [0.29, 0.717) is 31.7 Å². The molecule has 0 saturated carbocycles. The van der Waals surface area contributed by atoms with Crippen molar-refractivity contribution in [1.29, 1.82) is 0 Å². The van der Waals surface area contributed by atoms with Gasteiger partial charge in [0.15, 0.2) is 5.72 Å². The first-order valence-corrected chi connectivity index (χ1v) is 7.06. The van der Waals surface area contributed by atoms with Crippen LogP contribution in [0.3, 0.4) is 0 Å². The minimum absolute atomic E-state index is 0.00375. The van der Waals surface area contributed by atoms with Crippen LogP contribution < -0.4 is 0 Å². The van der Waals surface area contributed by atoms with Gasteiger partial charge < -0.3 is 14.7 Å². The Morgan fingerprint density at radius 3 is 3.24 bits per heavy atom. The number of rotatable bonds is 3. The molecule has 1 aromatic heterocycles. The second kappa shape index (κ2) is 4.28. The van der Waals surface area contributed by atoms with Gasteiger partial charge in [-0.25, -0.2) is 4.79 Å². The van der Waals surface area contributed by atoms with Gasteiger partial charge in [-0.1, -0.05) is 0 Å². The first-order chi connectivity index (χ1) is 10.1. The van der Waals surface area contributed by atoms with Crippen LogP contribution in [0.15, 0.2) is 6.20 Å². The number of amides is 1. The average Bonchev–Trinajstić information content (AvgIpc) is 3.15. The lowest BCUT2D eigenvalue weighted by Gasteiger charge is -2.31. The molecule has 4 rings (SSSR count). The second-order valence-electron chi connectivity index (χ2n) is 5.75. The van der Waals surface area contributed by atoms with Gasteiger partial charge >= 0.3 is 5.97 Å². The van der Waals surface area contributed by atoms with Gasteiger partial charge in [0.05, 0.1) is 18.8 Å². The van der Waals surface area contributed by atoms with E-state index in [-0.39, 0.29) is 17.6 Å². The zero-order valence-electron chi connectivity index (χ0n) is 11.4. The number of likely N-dealkylation sites (tertiary alicyclic amines) is 1. The van der Waals surface area contributed by atoms with Crippen LogP contribution in [0.2, 0.25) is 0 Å². The van der Waals surface area contributed by atoms with Crippen LogP contribution in [0.25, 0.3) is 0 Å². The highest BCUT2D eigenvalue weighted by Crippen LogP contribution is 2.45. The fourth-order valence-electron chi connectivity index (χ4n) is 3.90. The van der Waals surface area contributed by atoms with E-state index < -0.39 is 11.7 Å². The van der Waals surface area contributed by atoms with Crippen molar-refractivity contribution < 1.29 is 19.4 Å². The number of hydrogen-bond donors (Lipinski definition) is 2. The largest absolute Gasteiger partial charge is 0.477 e. The fraction of sp³-hybridized carbons (Fsp3) is 0.615. The standard InChI is InChI=1S/C13H16N4O4/c18-10-5-9-13(17(10)3-4-21-13)1-2-16(9)7-8-6-14-15-11(8)12(19)20/h6,9H,1-5,7H2,(H,14,15)(H,19,20)/t9-,13+/m1/s1. The topological polar surface area (TPSA) is 98.8 Å². The summed E-state index contributed by atoms with van der Waals surface area (Å²) >= 11 is 0. The number of nitrogens with zero attached hydrogens (tertiary/aromatic N) is 3. The van der Waals surface area contributed by atoms with Crippen molar-refractivity contribution in [3.63, 3.8) is 0 Å². The lowest BCUT2D eigenvalue weighted by atomic mass is 10.1. The molecule has 8 nitrogen and oxygen atoms in total. The summed E-state index contributed by atoms with van der Waals surface area (Å²) in [7, 11) is 0. The molecule has 2 atom stereocenters. The van der Waals surface area contributed by atoms with Crippen LogP contribution in [0.1, 0.15) is 28.9 Å². The SMILES string of the molecule is O=C(O)c1[nH]ncc1CN1CC[C@@]23OCCN2C(=O)C[C@@H]13. The predicted octanol–water partition coefficient (Wildman–Crippen LogP) is -0.359. The third kappa shape index (κ3) is 1.66. The second-order valence-corrected chi connectivity index (χ2v) is 5.75. The molecule has 0 aromatic carbocycles. The summed E-state index contributed by atoms with van der Waals surface area (Å²) in [5.41, 5.74) is 0.275. The van der Waals surface area contributed by atoms with Crippen molar-refractivity contribution in [3.8, 4) is 0 Å². The summed E-state index contributed by atoms with van der Waals surface area (Å²) in [4.78, 5) is 27.2. The third-order valence-electron chi connectivity index (χ3n) is 4.82. The number of aromatic nitrogens is 2. The molecule has 0 bridgehead atoms. The normalized spacial score (nSPS) is 31.7. The van der Waals surface area contributed by atoms with Crippen molar-refractivity contribution >= 4 is 11.9 Å². The molecule has 3 saturated heterocycles. The predicted molar refractivity (Wildman–Crippen MR) is 69.4 cm³/mol. The van der Waals surface area contributed by atoms with Crippen LogP contribution in [0, 0.1) is 0 Å². The first-order valence-electron chi connectivity index (χ1n) is 7.06. The Balaban J connectivity index is 1.59. The van der Waals surface area contributed by atoms with Crippen LogP contribution in [0.4, 0.5) is 0 Å². The summed E-state index contributed by atoms with van der Waals surface area (Å²) < 4.78 is 5.91. The van der Waals surface area contributed by atoms with E-state index in [4.69, 9.17) is 9.84 Å². The van der Waals surface area contributed by atoms with E-state index in [1.165, 1.54) is 0 Å². The highest BCUT2D eigenvalue weighted by Gasteiger charge is 2.61. The fourth-order valence-corrected chi connectivity index (χ4v) is 3.90. The molecule has 1 spiro atoms. The molecule has 0 radical (unpaired) electrons. The Kier molecular flexibility index (Phi) is 2.61. The minimum atomic E-state index is -1.02. The molecular formula is C13H16N4O4. The number of H-pyrrole nitrogens is 1. The van der Waals surface area contributed by atoms with Crippen molar-refractivity contribution in [3.05, 3.63) is 17.5 Å². The molecule has 112 valence electrons. The first kappa shape index (κ1) is 12.8. The van der Waals surface area contributed by atoms with Crippen molar-refractivity contribution in [2.75, 3.05) is 19.7 Å². The molecule has 2 N–H and O–H groups in total. The molecule has 1 amide bonds. The van der Waals surface area contributed by atoms with Crippen LogP contribution >= 0.6 is 0 Å².